The molecule has 0 saturated heterocycles. The first kappa shape index (κ1) is 17.2. The van der Waals surface area contributed by atoms with Gasteiger partial charge in [-0.1, -0.05) is 6.07 Å². The van der Waals surface area contributed by atoms with Crippen LogP contribution < -0.4 is 0 Å². The van der Waals surface area contributed by atoms with Gasteiger partial charge in [0.2, 0.25) is 0 Å². The molecule has 22 heavy (non-hydrogen) atoms. The Balaban J connectivity index is 0.00000176. The highest BCUT2D eigenvalue weighted by atomic mass is 35.5. The van der Waals surface area contributed by atoms with Crippen molar-refractivity contribution in [3.63, 3.8) is 0 Å². The Bertz CT molecular complexity index is 790. The molecule has 120 valence electrons. The fraction of sp³-hybridized carbons (Fsp3) is 0.357. The Labute approximate surface area is 130 Å². The van der Waals surface area contributed by atoms with E-state index in [1.807, 2.05) is 0 Å². The van der Waals surface area contributed by atoms with E-state index in [0.717, 1.165) is 6.07 Å². The van der Waals surface area contributed by atoms with Crippen LogP contribution in [0.2, 0.25) is 0 Å². The zero-order valence-electron chi connectivity index (χ0n) is 11.6. The first-order valence-electron chi connectivity index (χ1n) is 6.42. The molecule has 1 aliphatic rings. The number of pyridine rings is 1. The van der Waals surface area contributed by atoms with Gasteiger partial charge in [-0.25, -0.2) is 4.39 Å². The zero-order chi connectivity index (χ0) is 15.4. The van der Waals surface area contributed by atoms with Crippen molar-refractivity contribution < 1.29 is 22.1 Å². The van der Waals surface area contributed by atoms with Crippen molar-refractivity contribution in [1.82, 2.24) is 4.98 Å². The van der Waals surface area contributed by atoms with Gasteiger partial charge < -0.3 is 4.57 Å². The summed E-state index contributed by atoms with van der Waals surface area (Å²) in [5.41, 5.74) is -0.831. The lowest BCUT2D eigenvalue weighted by atomic mass is 9.99. The molecule has 0 radical (unpaired) electrons. The molecule has 1 aromatic carbocycles. The quantitative estimate of drug-likeness (QED) is 0.500. The number of aromatic nitrogens is 1. The minimum Gasteiger partial charge on any atom is -0.323 e. The summed E-state index contributed by atoms with van der Waals surface area (Å²) in [5, 5.41) is -0.523. The van der Waals surface area contributed by atoms with Crippen LogP contribution in [0.15, 0.2) is 18.2 Å². The third kappa shape index (κ3) is 2.86. The van der Waals surface area contributed by atoms with Crippen LogP contribution in [0.4, 0.5) is 17.6 Å². The average molecular weight is 354 g/mol. The molecule has 0 fully saturated rings. The van der Waals surface area contributed by atoms with E-state index in [0.29, 0.717) is 6.16 Å². The topological polar surface area (TPSA) is 30.0 Å². The summed E-state index contributed by atoms with van der Waals surface area (Å²) in [7, 11) is -2.67. The maximum Gasteiger partial charge on any atom is 0.417 e. The second-order valence-electron chi connectivity index (χ2n) is 5.47. The number of fused-ring (bicyclic) bond motifs is 2. The first-order valence-corrected chi connectivity index (χ1v) is 8.94. The summed E-state index contributed by atoms with van der Waals surface area (Å²) >= 11 is 0. The summed E-state index contributed by atoms with van der Waals surface area (Å²) in [4.78, 5) is 4.16. The minimum absolute atomic E-state index is 0. The Morgan fingerprint density at radius 2 is 1.95 bits per heavy atom. The number of hydrogen-bond acceptors (Lipinski definition) is 2. The van der Waals surface area contributed by atoms with Crippen LogP contribution in [0, 0.1) is 5.82 Å². The molecule has 0 bridgehead atoms. The van der Waals surface area contributed by atoms with Crippen LogP contribution in [0.5, 0.6) is 0 Å². The predicted molar refractivity (Wildman–Crippen MR) is 79.8 cm³/mol. The van der Waals surface area contributed by atoms with Crippen LogP contribution in [-0.2, 0) is 23.3 Å². The van der Waals surface area contributed by atoms with Crippen LogP contribution >= 0.6 is 19.5 Å². The van der Waals surface area contributed by atoms with Crippen LogP contribution in [-0.4, -0.2) is 17.8 Å². The Morgan fingerprint density at radius 1 is 1.27 bits per heavy atom. The van der Waals surface area contributed by atoms with Crippen molar-refractivity contribution in [2.24, 2.45) is 0 Å². The predicted octanol–water partition coefficient (Wildman–Crippen LogP) is 4.86. The van der Waals surface area contributed by atoms with Crippen LogP contribution in [0.3, 0.4) is 0 Å². The van der Waals surface area contributed by atoms with E-state index in [1.54, 1.807) is 0 Å². The number of hydrogen-bond donors (Lipinski definition) is 0. The number of benzene rings is 1. The van der Waals surface area contributed by atoms with E-state index in [9.17, 15) is 22.1 Å². The fourth-order valence-electron chi connectivity index (χ4n) is 2.81. The molecule has 1 aliphatic heterocycles. The van der Waals surface area contributed by atoms with Crippen LogP contribution in [0.25, 0.3) is 10.9 Å². The molecule has 0 aliphatic carbocycles. The number of nitrogens with zero attached hydrogens (tertiary/aromatic N) is 1. The zero-order valence-corrected chi connectivity index (χ0v) is 13.3. The lowest BCUT2D eigenvalue weighted by Crippen LogP contribution is -2.19. The lowest BCUT2D eigenvalue weighted by Gasteiger charge is -2.26. The molecule has 1 atom stereocenters. The Hall–Kier alpha value is -1.13. The van der Waals surface area contributed by atoms with Crippen LogP contribution in [0.1, 0.15) is 16.8 Å². The van der Waals surface area contributed by atoms with Gasteiger partial charge in [0.15, 0.2) is 0 Å². The lowest BCUT2D eigenvalue weighted by molar-refractivity contribution is -0.137. The molecule has 1 unspecified atom stereocenters. The number of rotatable bonds is 0. The minimum atomic E-state index is -4.70. The average Bonchev–Trinajstić information content (AvgIpc) is 2.35. The van der Waals surface area contributed by atoms with Gasteiger partial charge in [0.1, 0.15) is 5.82 Å². The van der Waals surface area contributed by atoms with Gasteiger partial charge in [-0.3, -0.25) is 4.98 Å². The highest BCUT2D eigenvalue weighted by Gasteiger charge is 2.40. The molecule has 2 aromatic rings. The van der Waals surface area contributed by atoms with Gasteiger partial charge in [0.05, 0.1) is 18.2 Å². The normalized spacial score (nSPS) is 21.3. The molecule has 0 N–H and O–H groups in total. The van der Waals surface area contributed by atoms with Crippen molar-refractivity contribution >= 4 is 30.5 Å². The number of alkyl halides is 3. The van der Waals surface area contributed by atoms with Gasteiger partial charge in [-0.05, 0) is 30.8 Å². The number of halogens is 5. The summed E-state index contributed by atoms with van der Waals surface area (Å²) in [6, 6.07) is 3.69. The molecule has 2 nitrogen and oxygen atoms in total. The van der Waals surface area contributed by atoms with Gasteiger partial charge >= 0.3 is 6.18 Å². The van der Waals surface area contributed by atoms with Crippen molar-refractivity contribution in [1.29, 1.82) is 0 Å². The summed E-state index contributed by atoms with van der Waals surface area (Å²) in [6.45, 7) is 1.49. The molecule has 0 saturated carbocycles. The van der Waals surface area contributed by atoms with Gasteiger partial charge in [-0.15, -0.1) is 12.4 Å². The third-order valence-corrected chi connectivity index (χ3v) is 5.90. The highest BCUT2D eigenvalue weighted by Crippen LogP contribution is 2.52. The smallest absolute Gasteiger partial charge is 0.323 e. The second-order valence-corrected chi connectivity index (χ2v) is 8.83. The molecule has 3 rings (SSSR count). The Kier molecular flexibility index (Phi) is 4.31. The van der Waals surface area contributed by atoms with E-state index < -0.39 is 30.1 Å². The highest BCUT2D eigenvalue weighted by molar-refractivity contribution is 7.62. The molecular formula is C14H13ClF4NOP. The molecule has 0 amide bonds. The summed E-state index contributed by atoms with van der Waals surface area (Å²) < 4.78 is 66.5. The van der Waals surface area contributed by atoms with Gasteiger partial charge in [-0.2, -0.15) is 13.2 Å². The van der Waals surface area contributed by atoms with Crippen molar-refractivity contribution in [2.45, 2.75) is 18.8 Å². The van der Waals surface area contributed by atoms with E-state index in [-0.39, 0.29) is 41.8 Å². The molecule has 0 spiro atoms. The largest absolute Gasteiger partial charge is 0.417 e. The SMILES string of the molecule is CP1(=O)CCc2nc3cccc(F)c3c(C(F)(F)F)c2C1.Cl. The summed E-state index contributed by atoms with van der Waals surface area (Å²) in [5.74, 6) is -0.952. The molecule has 2 heterocycles. The maximum atomic E-state index is 13.9. The third-order valence-electron chi connectivity index (χ3n) is 3.74. The van der Waals surface area contributed by atoms with E-state index >= 15 is 0 Å². The second kappa shape index (κ2) is 5.50. The Morgan fingerprint density at radius 3 is 2.59 bits per heavy atom. The van der Waals surface area contributed by atoms with Gasteiger partial charge in [0.25, 0.3) is 0 Å². The molecular weight excluding hydrogens is 341 g/mol. The summed E-state index contributed by atoms with van der Waals surface area (Å²) in [6.07, 6.45) is -4.30. The van der Waals surface area contributed by atoms with Crippen molar-refractivity contribution in [3.8, 4) is 0 Å². The van der Waals surface area contributed by atoms with Crippen molar-refractivity contribution in [2.75, 3.05) is 12.8 Å². The first-order chi connectivity index (χ1) is 9.69. The standard InChI is InChI=1S/C14H12F4NOP.ClH/c1-21(20)6-5-10-8(7-21)13(14(16,17)18)12-9(15)3-2-4-11(12)19-10;/h2-4H,5-7H2,1H3;1H. The molecule has 1 aromatic heterocycles. The number of aryl methyl sites for hydroxylation is 1. The van der Waals surface area contributed by atoms with E-state index in [4.69, 9.17) is 0 Å². The van der Waals surface area contributed by atoms with E-state index in [1.165, 1.54) is 18.8 Å². The van der Waals surface area contributed by atoms with Crippen molar-refractivity contribution in [3.05, 3.63) is 40.8 Å². The van der Waals surface area contributed by atoms with Gasteiger partial charge in [0, 0.05) is 23.4 Å². The van der Waals surface area contributed by atoms with E-state index in [2.05, 4.69) is 4.98 Å². The molecule has 8 heteroatoms. The monoisotopic (exact) mass is 353 g/mol. The fourth-order valence-corrected chi connectivity index (χ4v) is 4.66. The maximum absolute atomic E-state index is 13.9.